The minimum atomic E-state index is -0.172. The Kier molecular flexibility index (Phi) is 5.74. The highest BCUT2D eigenvalue weighted by Crippen LogP contribution is 2.24. The van der Waals surface area contributed by atoms with Crippen LogP contribution in [-0.4, -0.2) is 65.2 Å². The Labute approximate surface area is 159 Å². The summed E-state index contributed by atoms with van der Waals surface area (Å²) in [5.41, 5.74) is 1.88. The Balaban J connectivity index is 1.68. The minimum Gasteiger partial charge on any atom is -0.361 e. The third-order valence-corrected chi connectivity index (χ3v) is 4.97. The molecule has 2 atom stereocenters. The molecule has 0 bridgehead atoms. The van der Waals surface area contributed by atoms with Gasteiger partial charge in [0.25, 0.3) is 5.91 Å². The standard InChI is InChI=1S/C19H28N6O2/c1-12(10-16-6-8-20-27-16)21-15-7-9-25(11-15)18-13(2)14(3)22-17(23-18)19(26)24(4)5/h6,8,12,15,21H,7,9-11H2,1-5H3/t12?,15-/m1/s1. The number of rotatable bonds is 6. The van der Waals surface area contributed by atoms with Crippen molar-refractivity contribution in [1.29, 1.82) is 0 Å². The smallest absolute Gasteiger partial charge is 0.291 e. The molecule has 1 amide bonds. The van der Waals surface area contributed by atoms with Crippen molar-refractivity contribution in [3.8, 4) is 0 Å². The van der Waals surface area contributed by atoms with Crippen molar-refractivity contribution in [3.05, 3.63) is 35.1 Å². The predicted molar refractivity (Wildman–Crippen MR) is 103 cm³/mol. The van der Waals surface area contributed by atoms with Gasteiger partial charge in [-0.3, -0.25) is 4.79 Å². The van der Waals surface area contributed by atoms with Crippen molar-refractivity contribution >= 4 is 11.7 Å². The Morgan fingerprint density at radius 3 is 2.85 bits per heavy atom. The van der Waals surface area contributed by atoms with Gasteiger partial charge in [-0.25, -0.2) is 9.97 Å². The molecule has 1 fully saturated rings. The van der Waals surface area contributed by atoms with Crippen LogP contribution in [0.3, 0.4) is 0 Å². The zero-order chi connectivity index (χ0) is 19.6. The van der Waals surface area contributed by atoms with E-state index in [9.17, 15) is 4.79 Å². The molecule has 0 aromatic carbocycles. The number of hydrogen-bond acceptors (Lipinski definition) is 7. The van der Waals surface area contributed by atoms with Crippen molar-refractivity contribution in [2.45, 2.75) is 45.7 Å². The van der Waals surface area contributed by atoms with Crippen LogP contribution in [0.5, 0.6) is 0 Å². The first-order chi connectivity index (χ1) is 12.8. The Morgan fingerprint density at radius 2 is 2.19 bits per heavy atom. The largest absolute Gasteiger partial charge is 0.361 e. The third kappa shape index (κ3) is 4.44. The molecule has 1 unspecified atom stereocenters. The lowest BCUT2D eigenvalue weighted by Crippen LogP contribution is -2.40. The summed E-state index contributed by atoms with van der Waals surface area (Å²) in [6, 6.07) is 2.56. The Hall–Kier alpha value is -2.48. The highest BCUT2D eigenvalue weighted by Gasteiger charge is 2.27. The molecule has 27 heavy (non-hydrogen) atoms. The van der Waals surface area contributed by atoms with E-state index in [1.54, 1.807) is 20.3 Å². The lowest BCUT2D eigenvalue weighted by Gasteiger charge is -2.23. The zero-order valence-corrected chi connectivity index (χ0v) is 16.7. The maximum atomic E-state index is 12.3. The molecule has 2 aromatic heterocycles. The molecule has 8 nitrogen and oxygen atoms in total. The maximum Gasteiger partial charge on any atom is 0.291 e. The third-order valence-electron chi connectivity index (χ3n) is 4.97. The fraction of sp³-hybridized carbons (Fsp3) is 0.579. The first kappa shape index (κ1) is 19.3. The molecule has 2 aromatic rings. The van der Waals surface area contributed by atoms with Crippen LogP contribution >= 0.6 is 0 Å². The SMILES string of the molecule is Cc1nc(C(=O)N(C)C)nc(N2CC[C@@H](NC(C)Cc3ccno3)C2)c1C. The molecular weight excluding hydrogens is 344 g/mol. The first-order valence-corrected chi connectivity index (χ1v) is 9.32. The van der Waals surface area contributed by atoms with Crippen LogP contribution in [0.4, 0.5) is 5.82 Å². The van der Waals surface area contributed by atoms with Gasteiger partial charge in [0.15, 0.2) is 0 Å². The fourth-order valence-electron chi connectivity index (χ4n) is 3.42. The van der Waals surface area contributed by atoms with Crippen molar-refractivity contribution in [3.63, 3.8) is 0 Å². The monoisotopic (exact) mass is 372 g/mol. The van der Waals surface area contributed by atoms with Gasteiger partial charge in [0.2, 0.25) is 5.82 Å². The number of amides is 1. The van der Waals surface area contributed by atoms with Gasteiger partial charge in [0, 0.05) is 63.0 Å². The van der Waals surface area contributed by atoms with E-state index in [4.69, 9.17) is 4.52 Å². The molecule has 0 radical (unpaired) electrons. The number of nitrogens with one attached hydrogen (secondary N) is 1. The lowest BCUT2D eigenvalue weighted by molar-refractivity contribution is 0.0815. The number of aromatic nitrogens is 3. The summed E-state index contributed by atoms with van der Waals surface area (Å²) in [6.07, 6.45) is 3.51. The van der Waals surface area contributed by atoms with Gasteiger partial charge < -0.3 is 19.6 Å². The van der Waals surface area contributed by atoms with Crippen LogP contribution < -0.4 is 10.2 Å². The van der Waals surface area contributed by atoms with E-state index in [2.05, 4.69) is 32.3 Å². The van der Waals surface area contributed by atoms with Crippen molar-refractivity contribution in [2.24, 2.45) is 0 Å². The van der Waals surface area contributed by atoms with Gasteiger partial charge in [-0.1, -0.05) is 5.16 Å². The number of carbonyl (C=O) groups is 1. The second-order valence-corrected chi connectivity index (χ2v) is 7.46. The van der Waals surface area contributed by atoms with E-state index in [1.807, 2.05) is 19.9 Å². The summed E-state index contributed by atoms with van der Waals surface area (Å²) >= 11 is 0. The van der Waals surface area contributed by atoms with Crippen LogP contribution in [0, 0.1) is 13.8 Å². The zero-order valence-electron chi connectivity index (χ0n) is 16.7. The summed E-state index contributed by atoms with van der Waals surface area (Å²) < 4.78 is 5.19. The lowest BCUT2D eigenvalue weighted by atomic mass is 10.1. The average Bonchev–Trinajstić information content (AvgIpc) is 3.28. The van der Waals surface area contributed by atoms with Crippen molar-refractivity contribution in [1.82, 2.24) is 25.3 Å². The van der Waals surface area contributed by atoms with Gasteiger partial charge in [0.05, 0.1) is 6.20 Å². The summed E-state index contributed by atoms with van der Waals surface area (Å²) in [7, 11) is 3.43. The summed E-state index contributed by atoms with van der Waals surface area (Å²) in [6.45, 7) is 7.85. The summed E-state index contributed by atoms with van der Waals surface area (Å²) in [4.78, 5) is 25.0. The molecule has 0 spiro atoms. The van der Waals surface area contributed by atoms with Gasteiger partial charge in [-0.15, -0.1) is 0 Å². The summed E-state index contributed by atoms with van der Waals surface area (Å²) in [5, 5.41) is 7.41. The average molecular weight is 372 g/mol. The fourth-order valence-corrected chi connectivity index (χ4v) is 3.42. The molecule has 1 aliphatic rings. The quantitative estimate of drug-likeness (QED) is 0.824. The molecule has 1 aliphatic heterocycles. The molecule has 0 aliphatic carbocycles. The maximum absolute atomic E-state index is 12.3. The van der Waals surface area contributed by atoms with Crippen LogP contribution in [0.15, 0.2) is 16.8 Å². The number of anilines is 1. The van der Waals surface area contributed by atoms with Gasteiger partial charge in [0.1, 0.15) is 11.6 Å². The van der Waals surface area contributed by atoms with Gasteiger partial charge in [-0.05, 0) is 27.2 Å². The Morgan fingerprint density at radius 1 is 1.41 bits per heavy atom. The van der Waals surface area contributed by atoms with E-state index in [1.165, 1.54) is 4.90 Å². The highest BCUT2D eigenvalue weighted by molar-refractivity contribution is 5.90. The second kappa shape index (κ2) is 8.04. The van der Waals surface area contributed by atoms with E-state index < -0.39 is 0 Å². The molecule has 3 rings (SSSR count). The molecule has 3 heterocycles. The van der Waals surface area contributed by atoms with E-state index in [-0.39, 0.29) is 11.7 Å². The number of nitrogens with zero attached hydrogens (tertiary/aromatic N) is 5. The Bertz CT molecular complexity index is 790. The molecule has 146 valence electrons. The predicted octanol–water partition coefficient (Wildman–Crippen LogP) is 1.58. The van der Waals surface area contributed by atoms with Crippen LogP contribution in [0.2, 0.25) is 0 Å². The van der Waals surface area contributed by atoms with E-state index in [0.29, 0.717) is 12.1 Å². The normalized spacial score (nSPS) is 18.0. The van der Waals surface area contributed by atoms with Crippen molar-refractivity contribution in [2.75, 3.05) is 32.1 Å². The second-order valence-electron chi connectivity index (χ2n) is 7.46. The van der Waals surface area contributed by atoms with Gasteiger partial charge in [-0.2, -0.15) is 0 Å². The van der Waals surface area contributed by atoms with Crippen LogP contribution in [0.25, 0.3) is 0 Å². The molecule has 0 saturated carbocycles. The van der Waals surface area contributed by atoms with Crippen LogP contribution in [-0.2, 0) is 6.42 Å². The van der Waals surface area contributed by atoms with E-state index in [0.717, 1.165) is 48.8 Å². The molecule has 8 heteroatoms. The minimum absolute atomic E-state index is 0.172. The number of aryl methyl sites for hydroxylation is 1. The van der Waals surface area contributed by atoms with E-state index >= 15 is 0 Å². The summed E-state index contributed by atoms with van der Waals surface area (Å²) in [5.74, 6) is 1.83. The highest BCUT2D eigenvalue weighted by atomic mass is 16.5. The number of hydrogen-bond donors (Lipinski definition) is 1. The molecular formula is C19H28N6O2. The molecule has 1 saturated heterocycles. The molecule has 1 N–H and O–H groups in total. The topological polar surface area (TPSA) is 87.4 Å². The van der Waals surface area contributed by atoms with Crippen molar-refractivity contribution < 1.29 is 9.32 Å². The first-order valence-electron chi connectivity index (χ1n) is 9.32. The van der Waals surface area contributed by atoms with Crippen LogP contribution in [0.1, 0.15) is 41.0 Å². The van der Waals surface area contributed by atoms with Gasteiger partial charge >= 0.3 is 0 Å². The number of carbonyl (C=O) groups excluding carboxylic acids is 1.